The number of nitrogens with one attached hydrogen (secondary N) is 1. The van der Waals surface area contributed by atoms with E-state index >= 15 is 0 Å². The Bertz CT molecular complexity index is 594. The molecule has 1 N–H and O–H groups in total. The van der Waals surface area contributed by atoms with Gasteiger partial charge in [-0.3, -0.25) is 9.69 Å². The number of hydrogen-bond donors (Lipinski definition) is 1. The van der Waals surface area contributed by atoms with Crippen LogP contribution in [0.1, 0.15) is 0 Å². The Hall–Kier alpha value is -2.48. The Kier molecular flexibility index (Phi) is 5.15. The predicted molar refractivity (Wildman–Crippen MR) is 85.9 cm³/mol. The monoisotopic (exact) mass is 315 g/mol. The van der Waals surface area contributed by atoms with Gasteiger partial charge in [-0.05, 0) is 6.07 Å². The van der Waals surface area contributed by atoms with E-state index in [1.807, 2.05) is 16.8 Å². The summed E-state index contributed by atoms with van der Waals surface area (Å²) >= 11 is 0. The Balaban J connectivity index is 1.36. The van der Waals surface area contributed by atoms with Gasteiger partial charge in [-0.15, -0.1) is 0 Å². The number of carbonyl (C=O) groups excluding carboxylic acids is 1. The number of hydrogen-bond acceptors (Lipinski definition) is 6. The number of aromatic nitrogens is 4. The number of anilines is 1. The molecule has 1 amide bonds. The molecule has 23 heavy (non-hydrogen) atoms. The van der Waals surface area contributed by atoms with Crippen molar-refractivity contribution in [2.75, 3.05) is 44.2 Å². The molecule has 2 aromatic heterocycles. The smallest absolute Gasteiger partial charge is 0.234 e. The average molecular weight is 315 g/mol. The van der Waals surface area contributed by atoms with Crippen LogP contribution in [-0.4, -0.2) is 69.6 Å². The molecule has 0 unspecified atom stereocenters. The average Bonchev–Trinajstić information content (AvgIpc) is 3.10. The van der Waals surface area contributed by atoms with Gasteiger partial charge in [0.2, 0.25) is 11.9 Å². The third-order valence-corrected chi connectivity index (χ3v) is 3.83. The Morgan fingerprint density at radius 3 is 2.61 bits per heavy atom. The SMILES string of the molecule is O=C(CN1CCN(c2ncccn2)CC1)NCCn1ccnc1. The minimum Gasteiger partial charge on any atom is -0.353 e. The van der Waals surface area contributed by atoms with Gasteiger partial charge < -0.3 is 14.8 Å². The van der Waals surface area contributed by atoms with E-state index in [0.717, 1.165) is 38.7 Å². The second-order valence-corrected chi connectivity index (χ2v) is 5.46. The molecule has 3 rings (SSSR count). The Morgan fingerprint density at radius 2 is 1.91 bits per heavy atom. The first-order valence-electron chi connectivity index (χ1n) is 7.78. The molecule has 8 nitrogen and oxygen atoms in total. The standard InChI is InChI=1S/C15H21N7O/c23-14(17-5-7-21-6-4-16-13-21)12-20-8-10-22(11-9-20)15-18-2-1-3-19-15/h1-4,6,13H,5,7-12H2,(H,17,23). The van der Waals surface area contributed by atoms with Gasteiger partial charge in [0.25, 0.3) is 0 Å². The van der Waals surface area contributed by atoms with Gasteiger partial charge in [0, 0.05) is 64.1 Å². The zero-order valence-corrected chi connectivity index (χ0v) is 13.0. The van der Waals surface area contributed by atoms with Crippen molar-refractivity contribution in [1.29, 1.82) is 0 Å². The minimum absolute atomic E-state index is 0.0644. The summed E-state index contributed by atoms with van der Waals surface area (Å²) in [5, 5.41) is 2.94. The summed E-state index contributed by atoms with van der Waals surface area (Å²) in [6.45, 7) is 5.16. The van der Waals surface area contributed by atoms with Gasteiger partial charge in [0.1, 0.15) is 0 Å². The zero-order valence-electron chi connectivity index (χ0n) is 13.0. The number of nitrogens with zero attached hydrogens (tertiary/aromatic N) is 6. The highest BCUT2D eigenvalue weighted by molar-refractivity contribution is 5.78. The molecule has 0 aromatic carbocycles. The lowest BCUT2D eigenvalue weighted by molar-refractivity contribution is -0.122. The quantitative estimate of drug-likeness (QED) is 0.782. The van der Waals surface area contributed by atoms with E-state index in [9.17, 15) is 4.79 Å². The van der Waals surface area contributed by atoms with Gasteiger partial charge in [-0.1, -0.05) is 0 Å². The zero-order chi connectivity index (χ0) is 15.9. The molecule has 0 aliphatic carbocycles. The van der Waals surface area contributed by atoms with E-state index in [1.165, 1.54) is 0 Å². The van der Waals surface area contributed by atoms with Crippen molar-refractivity contribution in [3.8, 4) is 0 Å². The highest BCUT2D eigenvalue weighted by Gasteiger charge is 2.20. The van der Waals surface area contributed by atoms with E-state index in [-0.39, 0.29) is 5.91 Å². The fourth-order valence-corrected chi connectivity index (χ4v) is 2.56. The molecule has 1 saturated heterocycles. The molecule has 0 bridgehead atoms. The molecule has 8 heteroatoms. The van der Waals surface area contributed by atoms with Crippen molar-refractivity contribution in [2.24, 2.45) is 0 Å². The van der Waals surface area contributed by atoms with Crippen LogP contribution in [0.2, 0.25) is 0 Å². The van der Waals surface area contributed by atoms with Crippen LogP contribution < -0.4 is 10.2 Å². The fourth-order valence-electron chi connectivity index (χ4n) is 2.56. The number of rotatable bonds is 6. The summed E-state index contributed by atoms with van der Waals surface area (Å²) in [6, 6.07) is 1.81. The van der Waals surface area contributed by atoms with Gasteiger partial charge in [0.05, 0.1) is 12.9 Å². The van der Waals surface area contributed by atoms with Gasteiger partial charge >= 0.3 is 0 Å². The van der Waals surface area contributed by atoms with Crippen LogP contribution in [0.5, 0.6) is 0 Å². The fraction of sp³-hybridized carbons (Fsp3) is 0.467. The second kappa shape index (κ2) is 7.68. The summed E-state index contributed by atoms with van der Waals surface area (Å²) in [4.78, 5) is 28.8. The molecule has 0 atom stereocenters. The van der Waals surface area contributed by atoms with Crippen molar-refractivity contribution in [2.45, 2.75) is 6.54 Å². The van der Waals surface area contributed by atoms with E-state index < -0.39 is 0 Å². The molecular formula is C15H21N7O. The summed E-state index contributed by atoms with van der Waals surface area (Å²) in [5.41, 5.74) is 0. The largest absolute Gasteiger partial charge is 0.353 e. The molecule has 2 aromatic rings. The molecular weight excluding hydrogens is 294 g/mol. The Labute approximate surface area is 135 Å². The summed E-state index contributed by atoms with van der Waals surface area (Å²) in [7, 11) is 0. The van der Waals surface area contributed by atoms with Gasteiger partial charge in [-0.25, -0.2) is 15.0 Å². The van der Waals surface area contributed by atoms with Crippen LogP contribution in [0.15, 0.2) is 37.2 Å². The first kappa shape index (κ1) is 15.4. The van der Waals surface area contributed by atoms with Crippen LogP contribution in [0, 0.1) is 0 Å². The summed E-state index contributed by atoms with van der Waals surface area (Å²) in [6.07, 6.45) is 8.87. The van der Waals surface area contributed by atoms with E-state index in [1.54, 1.807) is 24.9 Å². The summed E-state index contributed by atoms with van der Waals surface area (Å²) in [5.74, 6) is 0.825. The van der Waals surface area contributed by atoms with Crippen LogP contribution >= 0.6 is 0 Å². The van der Waals surface area contributed by atoms with E-state index in [0.29, 0.717) is 13.1 Å². The molecule has 1 aliphatic rings. The number of amides is 1. The molecule has 0 spiro atoms. The van der Waals surface area contributed by atoms with Gasteiger partial charge in [-0.2, -0.15) is 0 Å². The predicted octanol–water partition coefficient (Wildman–Crippen LogP) is -0.388. The van der Waals surface area contributed by atoms with Crippen molar-refractivity contribution < 1.29 is 4.79 Å². The molecule has 122 valence electrons. The highest BCUT2D eigenvalue weighted by Crippen LogP contribution is 2.09. The minimum atomic E-state index is 0.0644. The number of carbonyl (C=O) groups is 1. The van der Waals surface area contributed by atoms with Crippen molar-refractivity contribution in [3.63, 3.8) is 0 Å². The lowest BCUT2D eigenvalue weighted by Crippen LogP contribution is -2.50. The molecule has 3 heterocycles. The lowest BCUT2D eigenvalue weighted by Gasteiger charge is -2.34. The third kappa shape index (κ3) is 4.49. The topological polar surface area (TPSA) is 79.2 Å². The van der Waals surface area contributed by atoms with Crippen LogP contribution in [0.4, 0.5) is 5.95 Å². The first-order valence-corrected chi connectivity index (χ1v) is 7.78. The van der Waals surface area contributed by atoms with Crippen LogP contribution in [0.25, 0.3) is 0 Å². The van der Waals surface area contributed by atoms with Crippen LogP contribution in [0.3, 0.4) is 0 Å². The molecule has 1 fully saturated rings. The molecule has 0 saturated carbocycles. The molecule has 0 radical (unpaired) electrons. The van der Waals surface area contributed by atoms with E-state index in [4.69, 9.17) is 0 Å². The second-order valence-electron chi connectivity index (χ2n) is 5.46. The first-order chi connectivity index (χ1) is 11.3. The maximum Gasteiger partial charge on any atom is 0.234 e. The maximum atomic E-state index is 12.0. The van der Waals surface area contributed by atoms with Crippen LogP contribution in [-0.2, 0) is 11.3 Å². The van der Waals surface area contributed by atoms with Crippen molar-refractivity contribution in [1.82, 2.24) is 29.7 Å². The maximum absolute atomic E-state index is 12.0. The highest BCUT2D eigenvalue weighted by atomic mass is 16.2. The number of imidazole rings is 1. The van der Waals surface area contributed by atoms with E-state index in [2.05, 4.69) is 30.1 Å². The van der Waals surface area contributed by atoms with Gasteiger partial charge in [0.15, 0.2) is 0 Å². The Morgan fingerprint density at radius 1 is 1.13 bits per heavy atom. The lowest BCUT2D eigenvalue weighted by atomic mass is 10.3. The normalized spacial score (nSPS) is 15.6. The molecule has 1 aliphatic heterocycles. The summed E-state index contributed by atoms with van der Waals surface area (Å²) < 4.78 is 1.94. The number of piperazine rings is 1. The van der Waals surface area contributed by atoms with Crippen molar-refractivity contribution in [3.05, 3.63) is 37.2 Å². The third-order valence-electron chi connectivity index (χ3n) is 3.83. The van der Waals surface area contributed by atoms with Crippen molar-refractivity contribution >= 4 is 11.9 Å².